The number of methoxy groups -OCH3 is 2. The zero-order chi connectivity index (χ0) is 31.1. The lowest BCUT2D eigenvalue weighted by molar-refractivity contribution is -0.160. The molecular formula is C33H50ClNO7. The van der Waals surface area contributed by atoms with Crippen LogP contribution in [0.4, 0.5) is 4.79 Å². The zero-order valence-corrected chi connectivity index (χ0v) is 27.3. The van der Waals surface area contributed by atoms with Gasteiger partial charge in [0.2, 0.25) is 0 Å². The highest BCUT2D eigenvalue weighted by Crippen LogP contribution is 2.60. The number of carbonyl (C=O) groups is 3. The zero-order valence-electron chi connectivity index (χ0n) is 26.5. The molecule has 2 fully saturated rings. The molecule has 0 saturated heterocycles. The van der Waals surface area contributed by atoms with Crippen molar-refractivity contribution in [3.05, 3.63) is 22.7 Å². The summed E-state index contributed by atoms with van der Waals surface area (Å²) in [5.41, 5.74) is -0.331. The minimum absolute atomic E-state index is 0.0803. The van der Waals surface area contributed by atoms with Crippen LogP contribution >= 0.6 is 11.6 Å². The van der Waals surface area contributed by atoms with Crippen molar-refractivity contribution in [1.82, 2.24) is 5.32 Å². The largest absolute Gasteiger partial charge is 0.497 e. The summed E-state index contributed by atoms with van der Waals surface area (Å²) in [4.78, 5) is 37.8. The Labute approximate surface area is 256 Å². The molecule has 1 aromatic rings. The van der Waals surface area contributed by atoms with Gasteiger partial charge in [-0.15, -0.1) is 0 Å². The monoisotopic (exact) mass is 607 g/mol. The first kappa shape index (κ1) is 34.0. The molecule has 1 aromatic carbocycles. The number of amides is 1. The van der Waals surface area contributed by atoms with E-state index in [9.17, 15) is 14.4 Å². The quantitative estimate of drug-likeness (QED) is 0.196. The summed E-state index contributed by atoms with van der Waals surface area (Å²) in [6.45, 7) is 10.7. The predicted octanol–water partition coefficient (Wildman–Crippen LogP) is 7.32. The van der Waals surface area contributed by atoms with Crippen LogP contribution in [0.2, 0.25) is 5.02 Å². The van der Waals surface area contributed by atoms with Gasteiger partial charge in [0, 0.05) is 30.9 Å². The third kappa shape index (κ3) is 8.33. The Bertz CT molecular complexity index is 1120. The van der Waals surface area contributed by atoms with Gasteiger partial charge in [-0.2, -0.15) is 0 Å². The van der Waals surface area contributed by atoms with Crippen LogP contribution in [0.5, 0.6) is 11.5 Å². The highest BCUT2D eigenvalue weighted by molar-refractivity contribution is 6.32. The Hall–Kier alpha value is -2.48. The maximum absolute atomic E-state index is 13.2. The lowest BCUT2D eigenvalue weighted by atomic mass is 9.46. The Morgan fingerprint density at radius 1 is 1.07 bits per heavy atom. The second-order valence-corrected chi connectivity index (χ2v) is 13.8. The van der Waals surface area contributed by atoms with E-state index >= 15 is 0 Å². The second kappa shape index (κ2) is 14.3. The van der Waals surface area contributed by atoms with Crippen LogP contribution in [-0.2, 0) is 25.5 Å². The Morgan fingerprint density at radius 2 is 1.81 bits per heavy atom. The first-order valence-corrected chi connectivity index (χ1v) is 15.7. The molecule has 4 atom stereocenters. The van der Waals surface area contributed by atoms with E-state index in [1.54, 1.807) is 20.3 Å². The number of carbonyl (C=O) groups excluding carboxylic acids is 3. The standard InChI is InChI=1S/C33H50ClNO7/c1-31(2,3)42-30(38)35-17-10-8-9-14-28(37)41-21-23-15-16-32(4)26(12-11-13-27(32)36)33(23,5)20-22-18-24(39-6)19-25(40-7)29(22)34/h18-19,23,26H,8-17,20-21H2,1-7H3,(H,35,38)/t23-,26+,32-,33+/m0/s1. The van der Waals surface area contributed by atoms with Crippen molar-refractivity contribution in [3.8, 4) is 11.5 Å². The first-order chi connectivity index (χ1) is 19.7. The number of alkyl carbamates (subject to hydrolysis) is 1. The topological polar surface area (TPSA) is 100 Å². The molecule has 0 aliphatic heterocycles. The number of esters is 1. The number of hydrogen-bond acceptors (Lipinski definition) is 7. The molecule has 3 rings (SSSR count). The number of fused-ring (bicyclic) bond motifs is 1. The van der Waals surface area contributed by atoms with E-state index in [0.717, 1.165) is 44.1 Å². The number of halogens is 1. The average Bonchev–Trinajstić information content (AvgIpc) is 2.91. The van der Waals surface area contributed by atoms with E-state index in [-0.39, 0.29) is 23.2 Å². The van der Waals surface area contributed by atoms with Gasteiger partial charge in [-0.05, 0) is 94.6 Å². The van der Waals surface area contributed by atoms with Crippen molar-refractivity contribution in [1.29, 1.82) is 0 Å². The molecule has 1 amide bonds. The number of Topliss-reactive ketones (excluding diaryl/α,β-unsaturated/α-hetero) is 1. The molecule has 2 aliphatic rings. The van der Waals surface area contributed by atoms with Crippen LogP contribution in [0.25, 0.3) is 0 Å². The number of ketones is 1. The lowest BCUT2D eigenvalue weighted by Gasteiger charge is -2.57. The van der Waals surface area contributed by atoms with Gasteiger partial charge in [0.05, 0.1) is 25.8 Å². The SMILES string of the molecule is COc1cc(C[C@]2(C)[C@H](COC(=O)CCCCCNC(=O)OC(C)(C)C)CC[C@]3(C)C(=O)CCC[C@@H]23)c(Cl)c(OC)c1. The minimum Gasteiger partial charge on any atom is -0.497 e. The van der Waals surface area contributed by atoms with E-state index in [2.05, 4.69) is 19.2 Å². The first-order valence-electron chi connectivity index (χ1n) is 15.3. The van der Waals surface area contributed by atoms with E-state index < -0.39 is 17.1 Å². The molecule has 42 heavy (non-hydrogen) atoms. The smallest absolute Gasteiger partial charge is 0.407 e. The molecule has 0 spiro atoms. The van der Waals surface area contributed by atoms with E-state index in [1.165, 1.54) is 0 Å². The molecule has 2 saturated carbocycles. The van der Waals surface area contributed by atoms with Crippen LogP contribution in [0.1, 0.15) is 98.0 Å². The van der Waals surface area contributed by atoms with Crippen molar-refractivity contribution in [2.24, 2.45) is 22.7 Å². The average molecular weight is 608 g/mol. The maximum Gasteiger partial charge on any atom is 0.407 e. The minimum atomic E-state index is -0.527. The van der Waals surface area contributed by atoms with Crippen LogP contribution in [-0.4, -0.2) is 50.8 Å². The van der Waals surface area contributed by atoms with Gasteiger partial charge in [-0.1, -0.05) is 31.9 Å². The Balaban J connectivity index is 1.64. The summed E-state index contributed by atoms with van der Waals surface area (Å²) >= 11 is 6.81. The molecule has 8 nitrogen and oxygen atoms in total. The van der Waals surface area contributed by atoms with Crippen molar-refractivity contribution in [2.45, 2.75) is 104 Å². The molecule has 0 bridgehead atoms. The van der Waals surface area contributed by atoms with Gasteiger partial charge in [0.25, 0.3) is 0 Å². The second-order valence-electron chi connectivity index (χ2n) is 13.4. The van der Waals surface area contributed by atoms with Crippen molar-refractivity contribution in [2.75, 3.05) is 27.4 Å². The lowest BCUT2D eigenvalue weighted by Crippen LogP contribution is -2.55. The molecule has 236 valence electrons. The van der Waals surface area contributed by atoms with Gasteiger partial charge >= 0.3 is 12.1 Å². The number of unbranched alkanes of at least 4 members (excludes halogenated alkanes) is 2. The fourth-order valence-electron chi connectivity index (χ4n) is 7.04. The van der Waals surface area contributed by atoms with E-state index in [1.807, 2.05) is 26.8 Å². The van der Waals surface area contributed by atoms with Gasteiger partial charge < -0.3 is 24.3 Å². The molecular weight excluding hydrogens is 558 g/mol. The fraction of sp³-hybridized carbons (Fsp3) is 0.727. The molecule has 0 unspecified atom stereocenters. The highest BCUT2D eigenvalue weighted by atomic mass is 35.5. The van der Waals surface area contributed by atoms with Crippen molar-refractivity contribution in [3.63, 3.8) is 0 Å². The molecule has 9 heteroatoms. The summed E-state index contributed by atoms with van der Waals surface area (Å²) in [7, 11) is 3.20. The van der Waals surface area contributed by atoms with Crippen LogP contribution in [0, 0.1) is 22.7 Å². The number of nitrogens with one attached hydrogen (secondary N) is 1. The Kier molecular flexibility index (Phi) is 11.6. The summed E-state index contributed by atoms with van der Waals surface area (Å²) in [5, 5.41) is 3.29. The molecule has 2 aliphatic carbocycles. The highest BCUT2D eigenvalue weighted by Gasteiger charge is 2.57. The van der Waals surface area contributed by atoms with E-state index in [0.29, 0.717) is 61.1 Å². The van der Waals surface area contributed by atoms with Gasteiger partial charge in [0.15, 0.2) is 0 Å². The van der Waals surface area contributed by atoms with Crippen LogP contribution < -0.4 is 14.8 Å². The fourth-order valence-corrected chi connectivity index (χ4v) is 7.29. The number of rotatable bonds is 12. The van der Waals surface area contributed by atoms with E-state index in [4.69, 9.17) is 30.5 Å². The number of ether oxygens (including phenoxy) is 4. The number of benzene rings is 1. The summed E-state index contributed by atoms with van der Waals surface area (Å²) in [5.74, 6) is 1.57. The Morgan fingerprint density at radius 3 is 2.48 bits per heavy atom. The summed E-state index contributed by atoms with van der Waals surface area (Å²) < 4.78 is 22.2. The summed E-state index contributed by atoms with van der Waals surface area (Å²) in [6.07, 6.45) is 6.83. The molecule has 0 aromatic heterocycles. The van der Waals surface area contributed by atoms with Gasteiger partial charge in [0.1, 0.15) is 22.9 Å². The number of hydrogen-bond donors (Lipinski definition) is 1. The van der Waals surface area contributed by atoms with Crippen molar-refractivity contribution >= 4 is 29.4 Å². The van der Waals surface area contributed by atoms with Gasteiger partial charge in [-0.3, -0.25) is 9.59 Å². The van der Waals surface area contributed by atoms with Crippen LogP contribution in [0.3, 0.4) is 0 Å². The predicted molar refractivity (Wildman–Crippen MR) is 163 cm³/mol. The third-order valence-corrected chi connectivity index (χ3v) is 9.76. The summed E-state index contributed by atoms with van der Waals surface area (Å²) in [6, 6.07) is 3.73. The maximum atomic E-state index is 13.2. The normalized spacial score (nSPS) is 25.8. The molecule has 0 radical (unpaired) electrons. The van der Waals surface area contributed by atoms with Crippen molar-refractivity contribution < 1.29 is 33.3 Å². The molecule has 1 N–H and O–H groups in total. The van der Waals surface area contributed by atoms with Crippen LogP contribution in [0.15, 0.2) is 12.1 Å². The van der Waals surface area contributed by atoms with Gasteiger partial charge in [-0.25, -0.2) is 4.79 Å². The molecule has 0 heterocycles. The third-order valence-electron chi connectivity index (χ3n) is 9.33.